The van der Waals surface area contributed by atoms with E-state index in [1.54, 1.807) is 30.5 Å². The molecule has 0 saturated carbocycles. The van der Waals surface area contributed by atoms with Crippen LogP contribution in [0.5, 0.6) is 0 Å². The molecule has 2 aromatic heterocycles. The minimum atomic E-state index is -3.44. The lowest BCUT2D eigenvalue weighted by molar-refractivity contribution is 0.445. The number of hydrogen-bond donors (Lipinski definition) is 1. The molecule has 3 aromatic rings. The van der Waals surface area contributed by atoms with Crippen molar-refractivity contribution in [2.75, 3.05) is 18.4 Å². The van der Waals surface area contributed by atoms with Crippen molar-refractivity contribution in [1.82, 2.24) is 14.3 Å². The van der Waals surface area contributed by atoms with Crippen LogP contribution >= 0.6 is 11.3 Å². The molecule has 0 unspecified atom stereocenters. The highest BCUT2D eigenvalue weighted by Crippen LogP contribution is 2.27. The number of aromatic nitrogens is 2. The predicted molar refractivity (Wildman–Crippen MR) is 105 cm³/mol. The summed E-state index contributed by atoms with van der Waals surface area (Å²) in [7, 11) is -3.44. The lowest BCUT2D eigenvalue weighted by Gasteiger charge is -2.18. The molecule has 136 valence electrons. The van der Waals surface area contributed by atoms with Gasteiger partial charge in [0.25, 0.3) is 0 Å². The Bertz CT molecular complexity index is 950. The van der Waals surface area contributed by atoms with E-state index in [0.29, 0.717) is 18.0 Å². The van der Waals surface area contributed by atoms with Gasteiger partial charge in [-0.25, -0.2) is 18.4 Å². The van der Waals surface area contributed by atoms with Crippen molar-refractivity contribution in [1.29, 1.82) is 0 Å². The normalized spacial score (nSPS) is 11.7. The van der Waals surface area contributed by atoms with E-state index >= 15 is 0 Å². The van der Waals surface area contributed by atoms with Crippen molar-refractivity contribution in [3.05, 3.63) is 54.0 Å². The maximum absolute atomic E-state index is 12.5. The first-order valence-electron chi connectivity index (χ1n) is 8.28. The van der Waals surface area contributed by atoms with E-state index < -0.39 is 10.0 Å². The first-order chi connectivity index (χ1) is 12.5. The number of anilines is 2. The molecule has 6 nitrogen and oxygen atoms in total. The van der Waals surface area contributed by atoms with E-state index in [4.69, 9.17) is 0 Å². The molecular formula is C18H20N4O2S2. The van der Waals surface area contributed by atoms with Crippen LogP contribution in [0.1, 0.15) is 13.8 Å². The molecule has 3 rings (SSSR count). The van der Waals surface area contributed by atoms with Crippen LogP contribution in [0.3, 0.4) is 0 Å². The average Bonchev–Trinajstić information content (AvgIpc) is 3.12. The molecule has 0 fully saturated rings. The van der Waals surface area contributed by atoms with Gasteiger partial charge in [0.05, 0.1) is 10.6 Å². The molecule has 0 radical (unpaired) electrons. The van der Waals surface area contributed by atoms with Crippen LogP contribution < -0.4 is 5.32 Å². The van der Waals surface area contributed by atoms with Crippen LogP contribution in [0.2, 0.25) is 0 Å². The highest BCUT2D eigenvalue weighted by molar-refractivity contribution is 7.89. The van der Waals surface area contributed by atoms with Crippen molar-refractivity contribution in [3.8, 4) is 11.3 Å². The zero-order chi connectivity index (χ0) is 18.6. The minimum absolute atomic E-state index is 0.298. The number of hydrogen-bond acceptors (Lipinski definition) is 6. The fraction of sp³-hybridized carbons (Fsp3) is 0.222. The number of benzene rings is 1. The molecule has 1 N–H and O–H groups in total. The molecule has 0 aliphatic heterocycles. The smallest absolute Gasteiger partial charge is 0.243 e. The van der Waals surface area contributed by atoms with Gasteiger partial charge in [-0.2, -0.15) is 4.31 Å². The number of pyridine rings is 1. The number of thiazole rings is 1. The number of rotatable bonds is 7. The van der Waals surface area contributed by atoms with Gasteiger partial charge in [0.2, 0.25) is 10.0 Å². The summed E-state index contributed by atoms with van der Waals surface area (Å²) in [5.41, 5.74) is 1.66. The van der Waals surface area contributed by atoms with Crippen LogP contribution in [0.25, 0.3) is 11.3 Å². The molecule has 2 heterocycles. The average molecular weight is 389 g/mol. The highest BCUT2D eigenvalue weighted by atomic mass is 32.2. The van der Waals surface area contributed by atoms with Crippen LogP contribution in [0.15, 0.2) is 58.9 Å². The van der Waals surface area contributed by atoms with Crippen molar-refractivity contribution < 1.29 is 8.42 Å². The molecule has 0 atom stereocenters. The van der Waals surface area contributed by atoms with Gasteiger partial charge in [-0.15, -0.1) is 11.3 Å². The Hall–Kier alpha value is -2.29. The summed E-state index contributed by atoms with van der Waals surface area (Å²) in [6.45, 7) is 4.58. The third-order valence-corrected chi connectivity index (χ3v) is 6.72. The Kier molecular flexibility index (Phi) is 5.65. The maximum atomic E-state index is 12.5. The Labute approximate surface area is 157 Å². The first-order valence-corrected chi connectivity index (χ1v) is 10.6. The molecule has 1 aromatic carbocycles. The molecule has 0 spiro atoms. The van der Waals surface area contributed by atoms with E-state index in [0.717, 1.165) is 22.2 Å². The number of sulfonamides is 1. The van der Waals surface area contributed by atoms with E-state index in [1.165, 1.54) is 15.6 Å². The van der Waals surface area contributed by atoms with Gasteiger partial charge in [-0.05, 0) is 24.3 Å². The van der Waals surface area contributed by atoms with Gasteiger partial charge in [0.1, 0.15) is 5.82 Å². The summed E-state index contributed by atoms with van der Waals surface area (Å²) in [4.78, 5) is 9.05. The SMILES string of the molecule is CCN(CC)S(=O)(=O)c1ccc(-c2csc(Nc3ccccn3)n2)cc1. The monoisotopic (exact) mass is 388 g/mol. The van der Waals surface area contributed by atoms with Gasteiger partial charge in [0, 0.05) is 30.2 Å². The number of nitrogens with one attached hydrogen (secondary N) is 1. The largest absolute Gasteiger partial charge is 0.316 e. The standard InChI is InChI=1S/C18H20N4O2S2/c1-3-22(4-2)26(23,24)15-10-8-14(9-11-15)16-13-25-18(20-16)21-17-7-5-6-12-19-17/h5-13H,3-4H2,1-2H3,(H,19,20,21). The van der Waals surface area contributed by atoms with Crippen LogP contribution in [0, 0.1) is 0 Å². The van der Waals surface area contributed by atoms with Crippen LogP contribution in [-0.4, -0.2) is 35.8 Å². The summed E-state index contributed by atoms with van der Waals surface area (Å²) >= 11 is 1.47. The molecule has 0 bridgehead atoms. The zero-order valence-corrected chi connectivity index (χ0v) is 16.2. The molecule has 0 saturated heterocycles. The third kappa shape index (κ3) is 3.92. The van der Waals surface area contributed by atoms with Gasteiger partial charge in [-0.3, -0.25) is 0 Å². The Morgan fingerprint density at radius 1 is 1.08 bits per heavy atom. The van der Waals surface area contributed by atoms with Crippen molar-refractivity contribution in [3.63, 3.8) is 0 Å². The minimum Gasteiger partial charge on any atom is -0.316 e. The molecule has 0 aliphatic carbocycles. The summed E-state index contributed by atoms with van der Waals surface area (Å²) in [6.07, 6.45) is 1.71. The zero-order valence-electron chi connectivity index (χ0n) is 14.6. The van der Waals surface area contributed by atoms with Crippen LogP contribution in [0.4, 0.5) is 10.9 Å². The summed E-state index contributed by atoms with van der Waals surface area (Å²) in [6, 6.07) is 12.5. The van der Waals surface area contributed by atoms with Crippen molar-refractivity contribution >= 4 is 32.3 Å². The molecule has 0 aliphatic rings. The lowest BCUT2D eigenvalue weighted by atomic mass is 10.2. The maximum Gasteiger partial charge on any atom is 0.243 e. The summed E-state index contributed by atoms with van der Waals surface area (Å²) < 4.78 is 26.5. The number of nitrogens with zero attached hydrogens (tertiary/aromatic N) is 3. The topological polar surface area (TPSA) is 75.2 Å². The molecular weight excluding hydrogens is 368 g/mol. The Morgan fingerprint density at radius 2 is 1.81 bits per heavy atom. The first kappa shape index (κ1) is 18.5. The second-order valence-corrected chi connectivity index (χ2v) is 8.29. The van der Waals surface area contributed by atoms with Crippen LogP contribution in [-0.2, 0) is 10.0 Å². The third-order valence-electron chi connectivity index (χ3n) is 3.90. The van der Waals surface area contributed by atoms with Gasteiger partial charge >= 0.3 is 0 Å². The fourth-order valence-electron chi connectivity index (χ4n) is 2.52. The quantitative estimate of drug-likeness (QED) is 0.663. The van der Waals surface area contributed by atoms with E-state index in [9.17, 15) is 8.42 Å². The van der Waals surface area contributed by atoms with Gasteiger partial charge < -0.3 is 5.32 Å². The Morgan fingerprint density at radius 3 is 2.42 bits per heavy atom. The van der Waals surface area contributed by atoms with Gasteiger partial charge in [0.15, 0.2) is 5.13 Å². The molecule has 8 heteroatoms. The van der Waals surface area contributed by atoms with E-state index in [2.05, 4.69) is 15.3 Å². The summed E-state index contributed by atoms with van der Waals surface area (Å²) in [5.74, 6) is 0.731. The van der Waals surface area contributed by atoms with Crippen molar-refractivity contribution in [2.45, 2.75) is 18.7 Å². The fourth-order valence-corrected chi connectivity index (χ4v) is 4.70. The highest BCUT2D eigenvalue weighted by Gasteiger charge is 2.21. The van der Waals surface area contributed by atoms with Gasteiger partial charge in [-0.1, -0.05) is 32.0 Å². The second kappa shape index (κ2) is 7.94. The van der Waals surface area contributed by atoms with E-state index in [-0.39, 0.29) is 0 Å². The summed E-state index contributed by atoms with van der Waals surface area (Å²) in [5, 5.41) is 5.82. The van der Waals surface area contributed by atoms with Crippen molar-refractivity contribution in [2.24, 2.45) is 0 Å². The Balaban J connectivity index is 1.79. The molecule has 26 heavy (non-hydrogen) atoms. The second-order valence-electron chi connectivity index (χ2n) is 5.49. The lowest BCUT2D eigenvalue weighted by Crippen LogP contribution is -2.30. The molecule has 0 amide bonds. The predicted octanol–water partition coefficient (Wildman–Crippen LogP) is 3.98. The van der Waals surface area contributed by atoms with E-state index in [1.807, 2.05) is 37.4 Å².